The summed E-state index contributed by atoms with van der Waals surface area (Å²) >= 11 is 1.36. The standard InChI is InChI=1S/C13H9N3O4S/c17-12-7-9(14-13-15(12)5-6-21-13)8-20-11-3-1-10(2-4-11)16(18)19/h1-7H,8H2. The molecule has 21 heavy (non-hydrogen) atoms. The van der Waals surface area contributed by atoms with E-state index in [0.29, 0.717) is 16.4 Å². The van der Waals surface area contributed by atoms with Crippen LogP contribution in [-0.4, -0.2) is 14.3 Å². The van der Waals surface area contributed by atoms with Crippen LogP contribution >= 0.6 is 11.3 Å². The molecule has 2 heterocycles. The lowest BCUT2D eigenvalue weighted by Crippen LogP contribution is -2.14. The van der Waals surface area contributed by atoms with Crippen LogP contribution in [0.5, 0.6) is 5.75 Å². The van der Waals surface area contributed by atoms with E-state index in [-0.39, 0.29) is 17.9 Å². The van der Waals surface area contributed by atoms with Gasteiger partial charge < -0.3 is 4.74 Å². The fourth-order valence-electron chi connectivity index (χ4n) is 1.78. The predicted octanol–water partition coefficient (Wildman–Crippen LogP) is 2.24. The van der Waals surface area contributed by atoms with Gasteiger partial charge in [0.2, 0.25) is 0 Å². The molecule has 0 fully saturated rings. The molecule has 0 aliphatic carbocycles. The lowest BCUT2D eigenvalue weighted by molar-refractivity contribution is -0.384. The van der Waals surface area contributed by atoms with E-state index in [1.54, 1.807) is 11.6 Å². The zero-order valence-corrected chi connectivity index (χ0v) is 11.4. The molecule has 106 valence electrons. The van der Waals surface area contributed by atoms with Crippen LogP contribution in [0.15, 0.2) is 46.7 Å². The van der Waals surface area contributed by atoms with E-state index in [1.807, 2.05) is 0 Å². The van der Waals surface area contributed by atoms with Crippen LogP contribution in [0, 0.1) is 10.1 Å². The Kier molecular flexibility index (Phi) is 3.36. The average molecular weight is 303 g/mol. The van der Waals surface area contributed by atoms with Gasteiger partial charge in [-0.2, -0.15) is 0 Å². The molecule has 1 aromatic carbocycles. The van der Waals surface area contributed by atoms with Gasteiger partial charge in [0.25, 0.3) is 11.2 Å². The number of non-ortho nitro benzene ring substituents is 1. The van der Waals surface area contributed by atoms with Crippen molar-refractivity contribution in [3.8, 4) is 5.75 Å². The van der Waals surface area contributed by atoms with Gasteiger partial charge in [0.05, 0.1) is 10.6 Å². The maximum absolute atomic E-state index is 11.8. The second-order valence-corrected chi connectivity index (χ2v) is 5.05. The Morgan fingerprint density at radius 1 is 1.33 bits per heavy atom. The summed E-state index contributed by atoms with van der Waals surface area (Å²) in [7, 11) is 0. The van der Waals surface area contributed by atoms with Crippen molar-refractivity contribution in [3.63, 3.8) is 0 Å². The lowest BCUT2D eigenvalue weighted by Gasteiger charge is -2.05. The number of hydrogen-bond acceptors (Lipinski definition) is 6. The minimum Gasteiger partial charge on any atom is -0.487 e. The zero-order chi connectivity index (χ0) is 14.8. The highest BCUT2D eigenvalue weighted by Gasteiger charge is 2.06. The molecule has 7 nitrogen and oxygen atoms in total. The summed E-state index contributed by atoms with van der Waals surface area (Å²) in [6.07, 6.45) is 1.66. The first-order valence-corrected chi connectivity index (χ1v) is 6.84. The molecule has 2 aromatic heterocycles. The second kappa shape index (κ2) is 5.33. The molecule has 0 aliphatic rings. The quantitative estimate of drug-likeness (QED) is 0.545. The summed E-state index contributed by atoms with van der Waals surface area (Å²) in [5, 5.41) is 12.3. The molecule has 0 spiro atoms. The van der Waals surface area contributed by atoms with Crippen molar-refractivity contribution >= 4 is 22.0 Å². The first-order chi connectivity index (χ1) is 10.1. The van der Waals surface area contributed by atoms with Crippen LogP contribution in [0.25, 0.3) is 4.96 Å². The molecule has 8 heteroatoms. The van der Waals surface area contributed by atoms with Gasteiger partial charge in [-0.25, -0.2) is 4.98 Å². The summed E-state index contributed by atoms with van der Waals surface area (Å²) < 4.78 is 6.94. The van der Waals surface area contributed by atoms with Crippen LogP contribution in [0.4, 0.5) is 5.69 Å². The molecule has 3 aromatic rings. The third-order valence-corrected chi connectivity index (χ3v) is 3.55. The highest BCUT2D eigenvalue weighted by molar-refractivity contribution is 7.15. The van der Waals surface area contributed by atoms with Gasteiger partial charge in [-0.05, 0) is 12.1 Å². The summed E-state index contributed by atoms with van der Waals surface area (Å²) in [4.78, 5) is 26.8. The SMILES string of the molecule is O=c1cc(COc2ccc([N+](=O)[O-])cc2)nc2sccn12. The van der Waals surface area contributed by atoms with Gasteiger partial charge in [-0.3, -0.25) is 19.3 Å². The molecule has 0 amide bonds. The van der Waals surface area contributed by atoms with Crippen molar-refractivity contribution in [3.05, 3.63) is 68.1 Å². The number of hydrogen-bond donors (Lipinski definition) is 0. The largest absolute Gasteiger partial charge is 0.487 e. The average Bonchev–Trinajstić information content (AvgIpc) is 2.94. The number of rotatable bonds is 4. The van der Waals surface area contributed by atoms with Crippen molar-refractivity contribution < 1.29 is 9.66 Å². The number of nitro benzene ring substituents is 1. The minimum atomic E-state index is -0.475. The smallest absolute Gasteiger partial charge is 0.269 e. The molecule has 0 radical (unpaired) electrons. The normalized spacial score (nSPS) is 10.7. The maximum Gasteiger partial charge on any atom is 0.269 e. The van der Waals surface area contributed by atoms with Crippen LogP contribution in [-0.2, 0) is 6.61 Å². The first-order valence-electron chi connectivity index (χ1n) is 5.96. The Balaban J connectivity index is 1.76. The van der Waals surface area contributed by atoms with E-state index >= 15 is 0 Å². The summed E-state index contributed by atoms with van der Waals surface area (Å²) in [5.41, 5.74) is 0.350. The highest BCUT2D eigenvalue weighted by Crippen LogP contribution is 2.18. The Bertz CT molecular complexity index is 854. The monoisotopic (exact) mass is 303 g/mol. The van der Waals surface area contributed by atoms with Gasteiger partial charge in [-0.1, -0.05) is 0 Å². The minimum absolute atomic E-state index is 0.00118. The van der Waals surface area contributed by atoms with E-state index in [0.717, 1.165) is 0 Å². The molecule has 0 N–H and O–H groups in total. The Morgan fingerprint density at radius 3 is 2.81 bits per heavy atom. The van der Waals surface area contributed by atoms with Crippen molar-refractivity contribution in [2.24, 2.45) is 0 Å². The third kappa shape index (κ3) is 2.75. The first kappa shape index (κ1) is 13.3. The van der Waals surface area contributed by atoms with Gasteiger partial charge in [-0.15, -0.1) is 11.3 Å². The van der Waals surface area contributed by atoms with Gasteiger partial charge >= 0.3 is 0 Å². The summed E-state index contributed by atoms with van der Waals surface area (Å²) in [5.74, 6) is 0.480. The molecular formula is C13H9N3O4S. The Labute approximate surface area is 122 Å². The predicted molar refractivity (Wildman–Crippen MR) is 76.8 cm³/mol. The van der Waals surface area contributed by atoms with Crippen molar-refractivity contribution in [2.75, 3.05) is 0 Å². The number of fused-ring (bicyclic) bond motifs is 1. The van der Waals surface area contributed by atoms with E-state index in [2.05, 4.69) is 4.98 Å². The molecule has 0 unspecified atom stereocenters. The zero-order valence-electron chi connectivity index (χ0n) is 10.6. The number of nitro groups is 1. The number of nitrogens with zero attached hydrogens (tertiary/aromatic N) is 3. The molecule has 0 atom stereocenters. The third-order valence-electron chi connectivity index (χ3n) is 2.79. The number of thiazole rings is 1. The van der Waals surface area contributed by atoms with Crippen LogP contribution in [0.3, 0.4) is 0 Å². The molecule has 0 saturated heterocycles. The van der Waals surface area contributed by atoms with Crippen LogP contribution in [0.1, 0.15) is 5.69 Å². The van der Waals surface area contributed by atoms with E-state index < -0.39 is 4.92 Å². The number of aromatic nitrogens is 2. The maximum atomic E-state index is 11.8. The van der Waals surface area contributed by atoms with E-state index in [9.17, 15) is 14.9 Å². The number of benzene rings is 1. The van der Waals surface area contributed by atoms with Crippen LogP contribution in [0.2, 0.25) is 0 Å². The highest BCUT2D eigenvalue weighted by atomic mass is 32.1. The van der Waals surface area contributed by atoms with Crippen molar-refractivity contribution in [2.45, 2.75) is 6.61 Å². The topological polar surface area (TPSA) is 86.7 Å². The fourth-order valence-corrected chi connectivity index (χ4v) is 2.52. The summed E-state index contributed by atoms with van der Waals surface area (Å²) in [6.45, 7) is 0.126. The summed E-state index contributed by atoms with van der Waals surface area (Å²) in [6, 6.07) is 7.15. The van der Waals surface area contributed by atoms with Gasteiger partial charge in [0.1, 0.15) is 12.4 Å². The second-order valence-electron chi connectivity index (χ2n) is 4.18. The lowest BCUT2D eigenvalue weighted by atomic mass is 10.3. The molecule has 3 rings (SSSR count). The molecule has 0 aliphatic heterocycles. The van der Waals surface area contributed by atoms with Gasteiger partial charge in [0.15, 0.2) is 4.96 Å². The van der Waals surface area contributed by atoms with E-state index in [1.165, 1.54) is 46.1 Å². The fraction of sp³-hybridized carbons (Fsp3) is 0.0769. The molecular weight excluding hydrogens is 294 g/mol. The van der Waals surface area contributed by atoms with Gasteiger partial charge in [0, 0.05) is 29.8 Å². The molecule has 0 bridgehead atoms. The Morgan fingerprint density at radius 2 is 2.10 bits per heavy atom. The van der Waals surface area contributed by atoms with Crippen LogP contribution < -0.4 is 10.3 Å². The van der Waals surface area contributed by atoms with Crippen molar-refractivity contribution in [1.82, 2.24) is 9.38 Å². The van der Waals surface area contributed by atoms with Crippen molar-refractivity contribution in [1.29, 1.82) is 0 Å². The number of ether oxygens (including phenoxy) is 1. The Hall–Kier alpha value is -2.74. The molecule has 0 saturated carbocycles. The van der Waals surface area contributed by atoms with E-state index in [4.69, 9.17) is 4.74 Å².